The Hall–Kier alpha value is -0.610. The van der Waals surface area contributed by atoms with Crippen molar-refractivity contribution < 1.29 is 18.8 Å². The number of nitrogens with zero attached hydrogens (tertiary/aromatic N) is 1. The van der Waals surface area contributed by atoms with Gasteiger partial charge in [-0.05, 0) is 19.3 Å². The third-order valence-corrected chi connectivity index (χ3v) is 7.05. The molecule has 0 spiro atoms. The van der Waals surface area contributed by atoms with Gasteiger partial charge in [0, 0.05) is 12.8 Å². The van der Waals surface area contributed by atoms with Crippen LogP contribution in [0.1, 0.15) is 117 Å². The van der Waals surface area contributed by atoms with Crippen molar-refractivity contribution in [3.63, 3.8) is 0 Å². The Balaban J connectivity index is 1.74. The normalized spacial score (nSPS) is 15.2. The van der Waals surface area contributed by atoms with Crippen LogP contribution in [0.3, 0.4) is 0 Å². The Morgan fingerprint density at radius 2 is 1.32 bits per heavy atom. The molecule has 1 rings (SSSR count). The molecule has 0 unspecified atom stereocenters. The van der Waals surface area contributed by atoms with Crippen molar-refractivity contribution >= 4 is 5.97 Å². The zero-order chi connectivity index (χ0) is 22.6. The standard InChI is InChI=1S/C27H54NO3/c1-4-28(20-17-21-28)22-23-30-24-25-31-27(29)19-16-14-12-10-8-6-5-7-9-11-13-15-18-26(2)3/h26H,4-25H2,1-3H3/q+1. The van der Waals surface area contributed by atoms with E-state index in [4.69, 9.17) is 9.47 Å². The van der Waals surface area contributed by atoms with E-state index in [-0.39, 0.29) is 5.97 Å². The van der Waals surface area contributed by atoms with Gasteiger partial charge in [0.1, 0.15) is 13.2 Å². The number of ether oxygens (including phenoxy) is 2. The lowest BCUT2D eigenvalue weighted by Crippen LogP contribution is -2.59. The molecular formula is C27H54NO3+. The van der Waals surface area contributed by atoms with E-state index in [9.17, 15) is 4.79 Å². The highest BCUT2D eigenvalue weighted by molar-refractivity contribution is 5.69. The van der Waals surface area contributed by atoms with Crippen LogP contribution in [0.2, 0.25) is 0 Å². The summed E-state index contributed by atoms with van der Waals surface area (Å²) in [5.74, 6) is 0.807. The molecule has 0 aromatic heterocycles. The molecule has 4 heteroatoms. The van der Waals surface area contributed by atoms with E-state index in [0.717, 1.165) is 31.9 Å². The summed E-state index contributed by atoms with van der Waals surface area (Å²) in [7, 11) is 0. The first kappa shape index (κ1) is 28.4. The number of quaternary nitrogens is 1. The second-order valence-corrected chi connectivity index (χ2v) is 10.2. The van der Waals surface area contributed by atoms with Crippen molar-refractivity contribution in [2.24, 2.45) is 5.92 Å². The first-order valence-electron chi connectivity index (χ1n) is 13.7. The van der Waals surface area contributed by atoms with Gasteiger partial charge in [-0.3, -0.25) is 4.79 Å². The molecule has 0 radical (unpaired) electrons. The first-order chi connectivity index (χ1) is 15.1. The molecule has 184 valence electrons. The second kappa shape index (κ2) is 18.9. The fourth-order valence-corrected chi connectivity index (χ4v) is 4.54. The van der Waals surface area contributed by atoms with Crippen molar-refractivity contribution in [1.29, 1.82) is 0 Å². The van der Waals surface area contributed by atoms with Crippen molar-refractivity contribution in [1.82, 2.24) is 0 Å². The Morgan fingerprint density at radius 1 is 0.774 bits per heavy atom. The Bertz CT molecular complexity index is 415. The summed E-state index contributed by atoms with van der Waals surface area (Å²) in [6.45, 7) is 13.5. The van der Waals surface area contributed by atoms with Gasteiger partial charge in [-0.15, -0.1) is 0 Å². The maximum atomic E-state index is 11.8. The number of hydrogen-bond donors (Lipinski definition) is 0. The lowest BCUT2D eigenvalue weighted by atomic mass is 10.0. The highest BCUT2D eigenvalue weighted by Gasteiger charge is 2.32. The summed E-state index contributed by atoms with van der Waals surface area (Å²) in [5.41, 5.74) is 0. The number of carbonyl (C=O) groups excluding carboxylic acids is 1. The molecule has 31 heavy (non-hydrogen) atoms. The molecule has 0 saturated carbocycles. The molecule has 0 bridgehead atoms. The predicted octanol–water partition coefficient (Wildman–Crippen LogP) is 6.90. The van der Waals surface area contributed by atoms with Crippen LogP contribution in [0.5, 0.6) is 0 Å². The molecular weight excluding hydrogens is 386 g/mol. The van der Waals surface area contributed by atoms with E-state index in [1.54, 1.807) is 0 Å². The van der Waals surface area contributed by atoms with Gasteiger partial charge in [-0.2, -0.15) is 0 Å². The summed E-state index contributed by atoms with van der Waals surface area (Å²) in [6, 6.07) is 0. The van der Waals surface area contributed by atoms with Gasteiger partial charge >= 0.3 is 5.97 Å². The van der Waals surface area contributed by atoms with E-state index in [1.165, 1.54) is 101 Å². The molecule has 0 aromatic carbocycles. The number of hydrogen-bond acceptors (Lipinski definition) is 3. The van der Waals surface area contributed by atoms with Crippen LogP contribution < -0.4 is 0 Å². The second-order valence-electron chi connectivity index (χ2n) is 10.2. The van der Waals surface area contributed by atoms with Gasteiger partial charge in [-0.25, -0.2) is 0 Å². The van der Waals surface area contributed by atoms with Gasteiger partial charge in [0.2, 0.25) is 0 Å². The molecule has 1 aliphatic heterocycles. The molecule has 1 aliphatic rings. The van der Waals surface area contributed by atoms with Crippen molar-refractivity contribution in [2.45, 2.75) is 117 Å². The average Bonchev–Trinajstić information content (AvgIpc) is 2.72. The first-order valence-corrected chi connectivity index (χ1v) is 13.7. The van der Waals surface area contributed by atoms with E-state index in [1.807, 2.05) is 0 Å². The van der Waals surface area contributed by atoms with E-state index < -0.39 is 0 Å². The van der Waals surface area contributed by atoms with Gasteiger partial charge in [0.05, 0.1) is 32.8 Å². The number of likely N-dealkylation sites (tertiary alicyclic amines) is 1. The lowest BCUT2D eigenvalue weighted by molar-refractivity contribution is -0.962. The molecule has 1 heterocycles. The SMILES string of the molecule is CC[N+]1(CCOCCOC(=O)CCCCCCCCCCCCCCC(C)C)CCC1. The van der Waals surface area contributed by atoms with Gasteiger partial charge in [0.25, 0.3) is 0 Å². The van der Waals surface area contributed by atoms with Crippen LogP contribution in [0.15, 0.2) is 0 Å². The summed E-state index contributed by atoms with van der Waals surface area (Å²) in [6.07, 6.45) is 19.2. The summed E-state index contributed by atoms with van der Waals surface area (Å²) < 4.78 is 12.2. The summed E-state index contributed by atoms with van der Waals surface area (Å²) in [5, 5.41) is 0. The molecule has 4 nitrogen and oxygen atoms in total. The Kier molecular flexibility index (Phi) is 17.3. The summed E-state index contributed by atoms with van der Waals surface area (Å²) >= 11 is 0. The van der Waals surface area contributed by atoms with Gasteiger partial charge in [-0.1, -0.05) is 90.9 Å². The largest absolute Gasteiger partial charge is 0.463 e. The summed E-state index contributed by atoms with van der Waals surface area (Å²) in [4.78, 5) is 11.8. The van der Waals surface area contributed by atoms with Crippen LogP contribution in [0.4, 0.5) is 0 Å². The Morgan fingerprint density at radius 3 is 1.81 bits per heavy atom. The molecule has 0 amide bonds. The maximum Gasteiger partial charge on any atom is 0.305 e. The molecule has 0 aliphatic carbocycles. The zero-order valence-electron chi connectivity index (χ0n) is 21.3. The number of carbonyl (C=O) groups is 1. The van der Waals surface area contributed by atoms with Crippen LogP contribution in [-0.2, 0) is 14.3 Å². The predicted molar refractivity (Wildman–Crippen MR) is 131 cm³/mol. The maximum absolute atomic E-state index is 11.8. The minimum absolute atomic E-state index is 0.0585. The number of esters is 1. The number of unbranched alkanes of at least 4 members (excludes halogenated alkanes) is 11. The fourth-order valence-electron chi connectivity index (χ4n) is 4.54. The molecule has 1 fully saturated rings. The van der Waals surface area contributed by atoms with Crippen molar-refractivity contribution in [2.75, 3.05) is 46.0 Å². The fraction of sp³-hybridized carbons (Fsp3) is 0.963. The van der Waals surface area contributed by atoms with E-state index in [2.05, 4.69) is 20.8 Å². The third kappa shape index (κ3) is 15.8. The van der Waals surface area contributed by atoms with E-state index in [0.29, 0.717) is 19.6 Å². The highest BCUT2D eigenvalue weighted by Crippen LogP contribution is 2.18. The quantitative estimate of drug-likeness (QED) is 0.104. The monoisotopic (exact) mass is 440 g/mol. The Labute approximate surface area is 194 Å². The van der Waals surface area contributed by atoms with Gasteiger partial charge in [0.15, 0.2) is 0 Å². The van der Waals surface area contributed by atoms with Crippen molar-refractivity contribution in [3.05, 3.63) is 0 Å². The third-order valence-electron chi connectivity index (χ3n) is 7.05. The minimum atomic E-state index is -0.0585. The van der Waals surface area contributed by atoms with Gasteiger partial charge < -0.3 is 14.0 Å². The average molecular weight is 441 g/mol. The van der Waals surface area contributed by atoms with Crippen LogP contribution in [0, 0.1) is 5.92 Å². The van der Waals surface area contributed by atoms with Crippen LogP contribution in [-0.4, -0.2) is 56.5 Å². The number of likely N-dealkylation sites (N-methyl/N-ethyl adjacent to an activating group) is 1. The van der Waals surface area contributed by atoms with Crippen LogP contribution >= 0.6 is 0 Å². The molecule has 0 aromatic rings. The number of rotatable bonds is 22. The minimum Gasteiger partial charge on any atom is -0.463 e. The van der Waals surface area contributed by atoms with E-state index >= 15 is 0 Å². The smallest absolute Gasteiger partial charge is 0.305 e. The van der Waals surface area contributed by atoms with Crippen LogP contribution in [0.25, 0.3) is 0 Å². The zero-order valence-corrected chi connectivity index (χ0v) is 21.3. The van der Waals surface area contributed by atoms with Crippen molar-refractivity contribution in [3.8, 4) is 0 Å². The molecule has 0 atom stereocenters. The topological polar surface area (TPSA) is 35.5 Å². The lowest BCUT2D eigenvalue weighted by Gasteiger charge is -2.45. The highest BCUT2D eigenvalue weighted by atomic mass is 16.6. The molecule has 1 saturated heterocycles. The molecule has 0 N–H and O–H groups in total.